The third-order valence-corrected chi connectivity index (χ3v) is 2.16. The first-order valence-electron chi connectivity index (χ1n) is 4.83. The zero-order valence-corrected chi connectivity index (χ0v) is 8.95. The predicted octanol–water partition coefficient (Wildman–Crippen LogP) is 1.85. The first-order valence-corrected chi connectivity index (χ1v) is 4.83. The van der Waals surface area contributed by atoms with Crippen molar-refractivity contribution in [3.63, 3.8) is 0 Å². The first-order chi connectivity index (χ1) is 6.99. The number of aliphatic carboxylic acids is 1. The van der Waals surface area contributed by atoms with Crippen LogP contribution >= 0.6 is 0 Å². The summed E-state index contributed by atoms with van der Waals surface area (Å²) in [5, 5.41) is 11.7. The van der Waals surface area contributed by atoms with Gasteiger partial charge >= 0.3 is 5.97 Å². The number of carboxylic acid groups (broad SMARTS) is 1. The van der Waals surface area contributed by atoms with E-state index in [0.29, 0.717) is 0 Å². The van der Waals surface area contributed by atoms with Crippen molar-refractivity contribution in [2.45, 2.75) is 26.3 Å². The van der Waals surface area contributed by atoms with Crippen LogP contribution < -0.4 is 11.1 Å². The Kier molecular flexibility index (Phi) is 3.55. The molecule has 0 radical (unpaired) electrons. The van der Waals surface area contributed by atoms with E-state index in [9.17, 15) is 4.79 Å². The van der Waals surface area contributed by atoms with Crippen molar-refractivity contribution in [2.24, 2.45) is 0 Å². The second kappa shape index (κ2) is 4.68. The highest BCUT2D eigenvalue weighted by atomic mass is 16.4. The van der Waals surface area contributed by atoms with Crippen molar-refractivity contribution in [1.29, 1.82) is 0 Å². The van der Waals surface area contributed by atoms with Crippen molar-refractivity contribution in [3.05, 3.63) is 23.8 Å². The molecule has 0 saturated carbocycles. The number of hydrogen-bond donors (Lipinski definition) is 3. The number of carboxylic acids is 1. The lowest BCUT2D eigenvalue weighted by molar-refractivity contribution is -0.137. The molecule has 1 atom stereocenters. The molecule has 4 nitrogen and oxygen atoms in total. The Morgan fingerprint density at radius 3 is 2.80 bits per heavy atom. The Labute approximate surface area is 89.1 Å². The normalized spacial score (nSPS) is 12.1. The van der Waals surface area contributed by atoms with E-state index in [-0.39, 0.29) is 12.5 Å². The van der Waals surface area contributed by atoms with Crippen molar-refractivity contribution < 1.29 is 9.90 Å². The molecular formula is C11H16N2O2. The second-order valence-corrected chi connectivity index (χ2v) is 3.71. The predicted molar refractivity (Wildman–Crippen MR) is 60.9 cm³/mol. The van der Waals surface area contributed by atoms with E-state index in [1.165, 1.54) is 0 Å². The molecule has 1 unspecified atom stereocenters. The van der Waals surface area contributed by atoms with Gasteiger partial charge in [0.15, 0.2) is 0 Å². The molecule has 0 aliphatic carbocycles. The number of carbonyl (C=O) groups is 1. The summed E-state index contributed by atoms with van der Waals surface area (Å²) in [5.74, 6) is -0.804. The van der Waals surface area contributed by atoms with E-state index in [1.54, 1.807) is 0 Å². The fraction of sp³-hybridized carbons (Fsp3) is 0.364. The number of rotatable bonds is 4. The summed E-state index contributed by atoms with van der Waals surface area (Å²) < 4.78 is 0. The van der Waals surface area contributed by atoms with Crippen LogP contribution in [-0.2, 0) is 4.79 Å². The molecule has 0 amide bonds. The lowest BCUT2D eigenvalue weighted by Gasteiger charge is -2.14. The van der Waals surface area contributed by atoms with Gasteiger partial charge in [0.2, 0.25) is 0 Å². The summed E-state index contributed by atoms with van der Waals surface area (Å²) in [6, 6.07) is 5.48. The minimum absolute atomic E-state index is 0.0921. The van der Waals surface area contributed by atoms with Crippen LogP contribution in [0.2, 0.25) is 0 Å². The number of anilines is 2. The van der Waals surface area contributed by atoms with Gasteiger partial charge in [0, 0.05) is 17.4 Å². The van der Waals surface area contributed by atoms with Gasteiger partial charge in [0.05, 0.1) is 6.42 Å². The molecule has 4 heteroatoms. The largest absolute Gasteiger partial charge is 0.481 e. The molecule has 0 heterocycles. The molecule has 0 aliphatic heterocycles. The van der Waals surface area contributed by atoms with Crippen molar-refractivity contribution in [2.75, 3.05) is 11.1 Å². The highest BCUT2D eigenvalue weighted by molar-refractivity contribution is 5.68. The molecule has 0 spiro atoms. The van der Waals surface area contributed by atoms with Crippen LogP contribution in [0.4, 0.5) is 11.4 Å². The van der Waals surface area contributed by atoms with Crippen LogP contribution in [-0.4, -0.2) is 17.1 Å². The first kappa shape index (κ1) is 11.4. The van der Waals surface area contributed by atoms with E-state index in [1.807, 2.05) is 32.0 Å². The number of nitrogen functional groups attached to an aromatic ring is 1. The fourth-order valence-electron chi connectivity index (χ4n) is 1.36. The third kappa shape index (κ3) is 3.50. The van der Waals surface area contributed by atoms with Crippen LogP contribution in [0.3, 0.4) is 0 Å². The molecule has 4 N–H and O–H groups in total. The van der Waals surface area contributed by atoms with Crippen LogP contribution in [0.1, 0.15) is 18.9 Å². The topological polar surface area (TPSA) is 75.3 Å². The second-order valence-electron chi connectivity index (χ2n) is 3.71. The van der Waals surface area contributed by atoms with Crippen molar-refractivity contribution >= 4 is 17.3 Å². The molecular weight excluding hydrogens is 192 g/mol. The van der Waals surface area contributed by atoms with Gasteiger partial charge < -0.3 is 16.2 Å². The maximum absolute atomic E-state index is 10.5. The van der Waals surface area contributed by atoms with Crippen LogP contribution in [0.15, 0.2) is 18.2 Å². The monoisotopic (exact) mass is 208 g/mol. The lowest BCUT2D eigenvalue weighted by Crippen LogP contribution is -2.19. The van der Waals surface area contributed by atoms with Gasteiger partial charge in [0.25, 0.3) is 0 Å². The van der Waals surface area contributed by atoms with Gasteiger partial charge in [-0.2, -0.15) is 0 Å². The summed E-state index contributed by atoms with van der Waals surface area (Å²) in [7, 11) is 0. The molecule has 1 aromatic carbocycles. The van der Waals surface area contributed by atoms with E-state index < -0.39 is 5.97 Å². The van der Waals surface area contributed by atoms with Crippen molar-refractivity contribution in [3.8, 4) is 0 Å². The van der Waals surface area contributed by atoms with Gasteiger partial charge in [0.1, 0.15) is 0 Å². The maximum atomic E-state index is 10.5. The Bertz CT molecular complexity index is 364. The van der Waals surface area contributed by atoms with E-state index in [2.05, 4.69) is 5.32 Å². The molecule has 0 bridgehead atoms. The summed E-state index contributed by atoms with van der Waals surface area (Å²) in [4.78, 5) is 10.5. The zero-order valence-electron chi connectivity index (χ0n) is 8.95. The average molecular weight is 208 g/mol. The molecule has 15 heavy (non-hydrogen) atoms. The summed E-state index contributed by atoms with van der Waals surface area (Å²) in [5.41, 5.74) is 8.31. The van der Waals surface area contributed by atoms with E-state index in [4.69, 9.17) is 10.8 Å². The van der Waals surface area contributed by atoms with Gasteiger partial charge in [-0.3, -0.25) is 4.79 Å². The molecule has 0 fully saturated rings. The summed E-state index contributed by atoms with van der Waals surface area (Å²) in [6.07, 6.45) is 0.101. The Morgan fingerprint density at radius 2 is 2.27 bits per heavy atom. The number of benzene rings is 1. The van der Waals surface area contributed by atoms with Crippen LogP contribution in [0.5, 0.6) is 0 Å². The fourth-order valence-corrected chi connectivity index (χ4v) is 1.36. The smallest absolute Gasteiger partial charge is 0.305 e. The zero-order chi connectivity index (χ0) is 11.4. The quantitative estimate of drug-likeness (QED) is 0.660. The highest BCUT2D eigenvalue weighted by Crippen LogP contribution is 2.17. The standard InChI is InChI=1S/C11H16N2O2/c1-7-5-9(3-4-10(7)12)13-8(2)6-11(14)15/h3-5,8,13H,6,12H2,1-2H3,(H,14,15). The Hall–Kier alpha value is -1.71. The summed E-state index contributed by atoms with van der Waals surface area (Å²) in [6.45, 7) is 3.75. The Morgan fingerprint density at radius 1 is 1.60 bits per heavy atom. The van der Waals surface area contributed by atoms with Gasteiger partial charge in [-0.15, -0.1) is 0 Å². The Balaban J connectivity index is 2.64. The number of nitrogens with two attached hydrogens (primary N) is 1. The molecule has 1 rings (SSSR count). The third-order valence-electron chi connectivity index (χ3n) is 2.16. The maximum Gasteiger partial charge on any atom is 0.305 e. The van der Waals surface area contributed by atoms with E-state index in [0.717, 1.165) is 16.9 Å². The molecule has 0 aromatic heterocycles. The van der Waals surface area contributed by atoms with Crippen LogP contribution in [0, 0.1) is 6.92 Å². The van der Waals surface area contributed by atoms with E-state index >= 15 is 0 Å². The van der Waals surface area contributed by atoms with Gasteiger partial charge in [-0.05, 0) is 37.6 Å². The molecule has 0 aliphatic rings. The number of hydrogen-bond acceptors (Lipinski definition) is 3. The minimum Gasteiger partial charge on any atom is -0.481 e. The van der Waals surface area contributed by atoms with Crippen molar-refractivity contribution in [1.82, 2.24) is 0 Å². The van der Waals surface area contributed by atoms with Crippen LogP contribution in [0.25, 0.3) is 0 Å². The molecule has 82 valence electrons. The average Bonchev–Trinajstić information content (AvgIpc) is 2.10. The number of aryl methyl sites for hydroxylation is 1. The minimum atomic E-state index is -0.804. The molecule has 0 saturated heterocycles. The number of nitrogens with one attached hydrogen (secondary N) is 1. The van der Waals surface area contributed by atoms with Gasteiger partial charge in [-0.1, -0.05) is 0 Å². The molecule has 1 aromatic rings. The SMILES string of the molecule is Cc1cc(NC(C)CC(=O)O)ccc1N. The lowest BCUT2D eigenvalue weighted by atomic mass is 10.1. The van der Waals surface area contributed by atoms with Gasteiger partial charge in [-0.25, -0.2) is 0 Å². The summed E-state index contributed by atoms with van der Waals surface area (Å²) >= 11 is 0. The highest BCUT2D eigenvalue weighted by Gasteiger charge is 2.07.